The molecule has 1 aromatic carbocycles. The monoisotopic (exact) mass is 367 g/mol. The molecule has 1 N–H and O–H groups in total. The Kier molecular flexibility index (Phi) is 5.20. The number of nitrogens with one attached hydrogen (secondary N) is 1. The molecule has 1 amide bonds. The van der Waals surface area contributed by atoms with E-state index in [4.69, 9.17) is 14.2 Å². The summed E-state index contributed by atoms with van der Waals surface area (Å²) >= 11 is 0. The zero-order valence-electron chi connectivity index (χ0n) is 14.9. The fourth-order valence-corrected chi connectivity index (χ4v) is 3.06. The topological polar surface area (TPSA) is 72.9 Å². The summed E-state index contributed by atoms with van der Waals surface area (Å²) in [5.41, 5.74) is 1.87. The Morgan fingerprint density at radius 3 is 2.93 bits per heavy atom. The van der Waals surface area contributed by atoms with Crippen LogP contribution in [0.1, 0.15) is 11.1 Å². The number of benzene rings is 1. The van der Waals surface area contributed by atoms with Crippen LogP contribution in [0, 0.1) is 0 Å². The number of aromatic nitrogens is 1. The summed E-state index contributed by atoms with van der Waals surface area (Å²) < 4.78 is 16.0. The molecule has 2 aliphatic rings. The minimum Gasteiger partial charge on any atom is -0.454 e. The summed E-state index contributed by atoms with van der Waals surface area (Å²) in [4.78, 5) is 18.9. The van der Waals surface area contributed by atoms with Crippen LogP contribution in [-0.2, 0) is 16.1 Å². The van der Waals surface area contributed by atoms with E-state index in [1.807, 2.05) is 30.3 Å². The van der Waals surface area contributed by atoms with Crippen LogP contribution in [0.3, 0.4) is 0 Å². The van der Waals surface area contributed by atoms with Crippen molar-refractivity contribution in [3.63, 3.8) is 0 Å². The zero-order chi connectivity index (χ0) is 18.5. The Morgan fingerprint density at radius 1 is 1.19 bits per heavy atom. The van der Waals surface area contributed by atoms with Crippen molar-refractivity contribution >= 4 is 17.8 Å². The van der Waals surface area contributed by atoms with Crippen LogP contribution >= 0.6 is 0 Å². The van der Waals surface area contributed by atoms with Gasteiger partial charge in [-0.2, -0.15) is 0 Å². The van der Waals surface area contributed by atoms with Gasteiger partial charge >= 0.3 is 0 Å². The number of fused-ring (bicyclic) bond motifs is 1. The highest BCUT2D eigenvalue weighted by Crippen LogP contribution is 2.32. The van der Waals surface area contributed by atoms with Gasteiger partial charge in [-0.05, 0) is 29.8 Å². The van der Waals surface area contributed by atoms with Gasteiger partial charge in [-0.25, -0.2) is 4.98 Å². The van der Waals surface area contributed by atoms with Gasteiger partial charge in [0.15, 0.2) is 11.5 Å². The number of rotatable bonds is 5. The lowest BCUT2D eigenvalue weighted by Crippen LogP contribution is -2.37. The summed E-state index contributed by atoms with van der Waals surface area (Å²) in [6.45, 7) is 3.66. The first-order chi connectivity index (χ1) is 13.3. The predicted octanol–water partition coefficient (Wildman–Crippen LogP) is 1.98. The van der Waals surface area contributed by atoms with Gasteiger partial charge in [-0.15, -0.1) is 0 Å². The molecule has 7 heteroatoms. The molecule has 1 fully saturated rings. The quantitative estimate of drug-likeness (QED) is 0.815. The van der Waals surface area contributed by atoms with Crippen molar-refractivity contribution in [2.24, 2.45) is 0 Å². The van der Waals surface area contributed by atoms with E-state index in [0.29, 0.717) is 25.5 Å². The summed E-state index contributed by atoms with van der Waals surface area (Å²) in [7, 11) is 0. The van der Waals surface area contributed by atoms with Gasteiger partial charge in [0.1, 0.15) is 5.82 Å². The Morgan fingerprint density at radius 2 is 2.04 bits per heavy atom. The highest BCUT2D eigenvalue weighted by molar-refractivity contribution is 5.91. The summed E-state index contributed by atoms with van der Waals surface area (Å²) in [6.07, 6.45) is 5.04. The van der Waals surface area contributed by atoms with E-state index >= 15 is 0 Å². The van der Waals surface area contributed by atoms with Gasteiger partial charge in [0.05, 0.1) is 13.2 Å². The molecule has 4 rings (SSSR count). The van der Waals surface area contributed by atoms with Gasteiger partial charge in [0.25, 0.3) is 0 Å². The number of pyridine rings is 1. The molecule has 27 heavy (non-hydrogen) atoms. The van der Waals surface area contributed by atoms with Crippen molar-refractivity contribution in [3.05, 3.63) is 53.7 Å². The minimum absolute atomic E-state index is 0.163. The van der Waals surface area contributed by atoms with E-state index in [-0.39, 0.29) is 12.7 Å². The number of nitrogens with zero attached hydrogens (tertiary/aromatic N) is 2. The molecular weight excluding hydrogens is 346 g/mol. The summed E-state index contributed by atoms with van der Waals surface area (Å²) in [5.74, 6) is 2.16. The molecule has 2 aromatic rings. The molecule has 1 saturated heterocycles. The maximum atomic E-state index is 12.2. The molecule has 7 nitrogen and oxygen atoms in total. The fraction of sp³-hybridized carbons (Fsp3) is 0.300. The number of morpholine rings is 1. The van der Waals surface area contributed by atoms with E-state index in [9.17, 15) is 4.79 Å². The standard InChI is InChI=1S/C20H21N3O4/c24-19(6-4-15-3-5-17-18(12-15)27-14-26-17)22-13-16-2-1-7-21-20(16)23-8-10-25-11-9-23/h1-7,12H,8-11,13-14H2,(H,22,24). The van der Waals surface area contributed by atoms with Crippen molar-refractivity contribution in [1.82, 2.24) is 10.3 Å². The highest BCUT2D eigenvalue weighted by atomic mass is 16.7. The molecule has 0 bridgehead atoms. The third kappa shape index (κ3) is 4.20. The lowest BCUT2D eigenvalue weighted by Gasteiger charge is -2.29. The molecule has 0 saturated carbocycles. The van der Waals surface area contributed by atoms with Gasteiger partial charge in [0, 0.05) is 37.5 Å². The average Bonchev–Trinajstić information content (AvgIpc) is 3.19. The van der Waals surface area contributed by atoms with Crippen LogP contribution in [0.2, 0.25) is 0 Å². The molecule has 0 spiro atoms. The average molecular weight is 367 g/mol. The third-order valence-electron chi connectivity index (χ3n) is 4.45. The molecule has 0 unspecified atom stereocenters. The zero-order valence-corrected chi connectivity index (χ0v) is 14.9. The molecule has 0 atom stereocenters. The smallest absolute Gasteiger partial charge is 0.244 e. The first kappa shape index (κ1) is 17.4. The summed E-state index contributed by atoms with van der Waals surface area (Å²) in [6, 6.07) is 9.44. The van der Waals surface area contributed by atoms with Crippen LogP contribution < -0.4 is 19.7 Å². The van der Waals surface area contributed by atoms with Gasteiger partial charge in [0.2, 0.25) is 12.7 Å². The fourth-order valence-electron chi connectivity index (χ4n) is 3.06. The number of carbonyl (C=O) groups excluding carboxylic acids is 1. The van der Waals surface area contributed by atoms with Crippen molar-refractivity contribution in [3.8, 4) is 11.5 Å². The van der Waals surface area contributed by atoms with E-state index in [2.05, 4.69) is 15.2 Å². The number of hydrogen-bond acceptors (Lipinski definition) is 6. The second-order valence-electron chi connectivity index (χ2n) is 6.25. The molecule has 140 valence electrons. The van der Waals surface area contributed by atoms with E-state index in [0.717, 1.165) is 35.8 Å². The third-order valence-corrected chi connectivity index (χ3v) is 4.45. The Bertz CT molecular complexity index is 847. The van der Waals surface area contributed by atoms with Crippen LogP contribution in [0.25, 0.3) is 6.08 Å². The van der Waals surface area contributed by atoms with Crippen molar-refractivity contribution in [2.45, 2.75) is 6.54 Å². The number of ether oxygens (including phenoxy) is 3. The number of hydrogen-bond donors (Lipinski definition) is 1. The molecule has 0 radical (unpaired) electrons. The lowest BCUT2D eigenvalue weighted by atomic mass is 10.2. The summed E-state index contributed by atoms with van der Waals surface area (Å²) in [5, 5.41) is 2.92. The van der Waals surface area contributed by atoms with Gasteiger partial charge in [-0.1, -0.05) is 12.1 Å². The van der Waals surface area contributed by atoms with Crippen molar-refractivity contribution in [1.29, 1.82) is 0 Å². The van der Waals surface area contributed by atoms with Crippen molar-refractivity contribution < 1.29 is 19.0 Å². The Balaban J connectivity index is 1.37. The van der Waals surface area contributed by atoms with Crippen LogP contribution in [-0.4, -0.2) is 44.0 Å². The van der Waals surface area contributed by atoms with E-state index in [1.54, 1.807) is 12.3 Å². The molecule has 1 aromatic heterocycles. The highest BCUT2D eigenvalue weighted by Gasteiger charge is 2.16. The lowest BCUT2D eigenvalue weighted by molar-refractivity contribution is -0.116. The largest absolute Gasteiger partial charge is 0.454 e. The van der Waals surface area contributed by atoms with Crippen LogP contribution in [0.4, 0.5) is 5.82 Å². The van der Waals surface area contributed by atoms with E-state index < -0.39 is 0 Å². The number of anilines is 1. The van der Waals surface area contributed by atoms with Gasteiger partial charge < -0.3 is 24.4 Å². The first-order valence-corrected chi connectivity index (χ1v) is 8.92. The second-order valence-corrected chi connectivity index (χ2v) is 6.25. The number of amides is 1. The maximum absolute atomic E-state index is 12.2. The first-order valence-electron chi connectivity index (χ1n) is 8.92. The second kappa shape index (κ2) is 8.09. The van der Waals surface area contributed by atoms with Crippen molar-refractivity contribution in [2.75, 3.05) is 38.0 Å². The molecule has 2 aliphatic heterocycles. The molecular formula is C20H21N3O4. The van der Waals surface area contributed by atoms with Gasteiger partial charge in [-0.3, -0.25) is 4.79 Å². The minimum atomic E-state index is -0.163. The Hall–Kier alpha value is -3.06. The van der Waals surface area contributed by atoms with Crippen LogP contribution in [0.15, 0.2) is 42.6 Å². The Labute approximate surface area is 157 Å². The van der Waals surface area contributed by atoms with Crippen LogP contribution in [0.5, 0.6) is 11.5 Å². The predicted molar refractivity (Wildman–Crippen MR) is 101 cm³/mol. The number of carbonyl (C=O) groups is 1. The SMILES string of the molecule is O=C(C=Cc1ccc2c(c1)OCO2)NCc1cccnc1N1CCOCC1. The molecule has 0 aliphatic carbocycles. The normalized spacial score (nSPS) is 15.9. The molecule has 3 heterocycles. The maximum Gasteiger partial charge on any atom is 0.244 e. The van der Waals surface area contributed by atoms with E-state index in [1.165, 1.54) is 6.08 Å².